The summed E-state index contributed by atoms with van der Waals surface area (Å²) in [7, 11) is 0. The minimum atomic E-state index is -0.758. The third kappa shape index (κ3) is 2.72. The smallest absolute Gasteiger partial charge is 0.323 e. The van der Waals surface area contributed by atoms with E-state index in [9.17, 15) is 9.90 Å². The van der Waals surface area contributed by atoms with Crippen LogP contribution in [0.2, 0.25) is 0 Å². The summed E-state index contributed by atoms with van der Waals surface area (Å²) in [5, 5.41) is 9.85. The first-order chi connectivity index (χ1) is 7.41. The Morgan fingerprint density at radius 1 is 1.56 bits per heavy atom. The van der Waals surface area contributed by atoms with Gasteiger partial charge in [0.1, 0.15) is 5.54 Å². The lowest BCUT2D eigenvalue weighted by atomic mass is 9.96. The van der Waals surface area contributed by atoms with Gasteiger partial charge >= 0.3 is 5.97 Å². The first kappa shape index (κ1) is 13.8. The Hall–Kier alpha value is -0.220. The third-order valence-electron chi connectivity index (χ3n) is 3.55. The standard InChI is InChI=1S/C12H23NO2S/c1-5-13(12(3,4)11(14)15)10-7-6-8-16-9(10)2/h9-10H,5-8H2,1-4H3,(H,14,15). The maximum absolute atomic E-state index is 11.3. The van der Waals surface area contributed by atoms with Crippen molar-refractivity contribution in [1.82, 2.24) is 4.90 Å². The minimum Gasteiger partial charge on any atom is -0.480 e. The van der Waals surface area contributed by atoms with E-state index in [1.807, 2.05) is 25.6 Å². The Labute approximate surface area is 103 Å². The molecule has 1 rings (SSSR count). The van der Waals surface area contributed by atoms with Crippen LogP contribution in [-0.4, -0.2) is 45.1 Å². The van der Waals surface area contributed by atoms with E-state index in [1.165, 1.54) is 12.2 Å². The molecule has 1 N–H and O–H groups in total. The van der Waals surface area contributed by atoms with Gasteiger partial charge < -0.3 is 5.11 Å². The van der Waals surface area contributed by atoms with Crippen molar-refractivity contribution < 1.29 is 9.90 Å². The second kappa shape index (κ2) is 5.41. The van der Waals surface area contributed by atoms with Gasteiger partial charge in [-0.1, -0.05) is 13.8 Å². The van der Waals surface area contributed by atoms with Gasteiger partial charge in [0.2, 0.25) is 0 Å². The van der Waals surface area contributed by atoms with Crippen molar-refractivity contribution >= 4 is 17.7 Å². The number of hydrogen-bond donors (Lipinski definition) is 1. The summed E-state index contributed by atoms with van der Waals surface area (Å²) in [6.07, 6.45) is 2.32. The number of thioether (sulfide) groups is 1. The molecule has 0 radical (unpaired) electrons. The molecule has 0 amide bonds. The molecule has 0 saturated carbocycles. The first-order valence-electron chi connectivity index (χ1n) is 6.03. The quantitative estimate of drug-likeness (QED) is 0.826. The van der Waals surface area contributed by atoms with Crippen LogP contribution in [-0.2, 0) is 4.79 Å². The van der Waals surface area contributed by atoms with Crippen molar-refractivity contribution in [3.8, 4) is 0 Å². The van der Waals surface area contributed by atoms with E-state index in [0.29, 0.717) is 11.3 Å². The lowest BCUT2D eigenvalue weighted by Gasteiger charge is -2.44. The topological polar surface area (TPSA) is 40.5 Å². The Morgan fingerprint density at radius 3 is 2.62 bits per heavy atom. The highest BCUT2D eigenvalue weighted by Gasteiger charge is 2.40. The second-order valence-corrected chi connectivity index (χ2v) is 6.42. The van der Waals surface area contributed by atoms with E-state index >= 15 is 0 Å². The number of carbonyl (C=O) groups is 1. The fourth-order valence-corrected chi connectivity index (χ4v) is 3.69. The lowest BCUT2D eigenvalue weighted by molar-refractivity contribution is -0.151. The fraction of sp³-hybridized carbons (Fsp3) is 0.917. The molecule has 0 spiro atoms. The number of carboxylic acids is 1. The number of hydrogen-bond acceptors (Lipinski definition) is 3. The number of nitrogens with zero attached hydrogens (tertiary/aromatic N) is 1. The maximum Gasteiger partial charge on any atom is 0.323 e. The number of carboxylic acid groups (broad SMARTS) is 1. The SMILES string of the molecule is CCN(C1CCCSC1C)C(C)(C)C(=O)O. The molecular formula is C12H23NO2S. The zero-order valence-corrected chi connectivity index (χ0v) is 11.5. The van der Waals surface area contributed by atoms with E-state index in [2.05, 4.69) is 18.7 Å². The molecule has 3 nitrogen and oxygen atoms in total. The Kier molecular flexibility index (Phi) is 4.68. The predicted octanol–water partition coefficient (Wildman–Crippen LogP) is 2.46. The molecule has 2 atom stereocenters. The van der Waals surface area contributed by atoms with Crippen LogP contribution in [0, 0.1) is 0 Å². The van der Waals surface area contributed by atoms with Gasteiger partial charge in [-0.2, -0.15) is 11.8 Å². The molecule has 0 aromatic carbocycles. The largest absolute Gasteiger partial charge is 0.480 e. The van der Waals surface area contributed by atoms with Crippen molar-refractivity contribution in [2.75, 3.05) is 12.3 Å². The highest BCUT2D eigenvalue weighted by Crippen LogP contribution is 2.32. The summed E-state index contributed by atoms with van der Waals surface area (Å²) < 4.78 is 0. The summed E-state index contributed by atoms with van der Waals surface area (Å²) in [4.78, 5) is 13.5. The average molecular weight is 245 g/mol. The molecule has 4 heteroatoms. The van der Waals surface area contributed by atoms with Gasteiger partial charge in [-0.25, -0.2) is 0 Å². The molecule has 16 heavy (non-hydrogen) atoms. The Bertz CT molecular complexity index is 255. The molecule has 0 aromatic rings. The van der Waals surface area contributed by atoms with Crippen molar-refractivity contribution in [2.45, 2.75) is 57.4 Å². The highest BCUT2D eigenvalue weighted by molar-refractivity contribution is 7.99. The van der Waals surface area contributed by atoms with Crippen molar-refractivity contribution in [3.05, 3.63) is 0 Å². The Morgan fingerprint density at radius 2 is 2.19 bits per heavy atom. The number of rotatable bonds is 4. The van der Waals surface area contributed by atoms with E-state index in [0.717, 1.165) is 13.0 Å². The Balaban J connectivity index is 2.83. The molecule has 1 fully saturated rings. The summed E-state index contributed by atoms with van der Waals surface area (Å²) in [5.74, 6) is 0.486. The lowest BCUT2D eigenvalue weighted by Crippen LogP contribution is -2.57. The van der Waals surface area contributed by atoms with E-state index < -0.39 is 11.5 Å². The molecule has 94 valence electrons. The molecule has 0 bridgehead atoms. The zero-order valence-electron chi connectivity index (χ0n) is 10.7. The molecular weight excluding hydrogens is 222 g/mol. The molecule has 1 aliphatic heterocycles. The van der Waals surface area contributed by atoms with Crippen LogP contribution in [0.3, 0.4) is 0 Å². The summed E-state index contributed by atoms with van der Waals surface area (Å²) in [6, 6.07) is 0.398. The summed E-state index contributed by atoms with van der Waals surface area (Å²) >= 11 is 1.96. The molecule has 1 heterocycles. The van der Waals surface area contributed by atoms with E-state index in [1.54, 1.807) is 0 Å². The maximum atomic E-state index is 11.3. The van der Waals surface area contributed by atoms with Gasteiger partial charge in [0.15, 0.2) is 0 Å². The predicted molar refractivity (Wildman–Crippen MR) is 69.0 cm³/mol. The van der Waals surface area contributed by atoms with Crippen molar-refractivity contribution in [3.63, 3.8) is 0 Å². The van der Waals surface area contributed by atoms with Crippen LogP contribution in [0.1, 0.15) is 40.5 Å². The fourth-order valence-electron chi connectivity index (χ4n) is 2.48. The highest BCUT2D eigenvalue weighted by atomic mass is 32.2. The van der Waals surface area contributed by atoms with Crippen molar-refractivity contribution in [2.24, 2.45) is 0 Å². The van der Waals surface area contributed by atoms with Crippen LogP contribution in [0.25, 0.3) is 0 Å². The first-order valence-corrected chi connectivity index (χ1v) is 7.07. The van der Waals surface area contributed by atoms with E-state index in [-0.39, 0.29) is 0 Å². The normalized spacial score (nSPS) is 27.1. The van der Waals surface area contributed by atoms with Gasteiger partial charge in [0.05, 0.1) is 0 Å². The zero-order chi connectivity index (χ0) is 12.3. The average Bonchev–Trinajstić information content (AvgIpc) is 2.21. The molecule has 1 saturated heterocycles. The third-order valence-corrected chi connectivity index (χ3v) is 4.91. The second-order valence-electron chi connectivity index (χ2n) is 4.94. The van der Waals surface area contributed by atoms with Crippen LogP contribution in [0.15, 0.2) is 0 Å². The van der Waals surface area contributed by atoms with Crippen LogP contribution < -0.4 is 0 Å². The van der Waals surface area contributed by atoms with Crippen LogP contribution in [0.5, 0.6) is 0 Å². The van der Waals surface area contributed by atoms with Gasteiger partial charge in [0.25, 0.3) is 0 Å². The van der Waals surface area contributed by atoms with Gasteiger partial charge in [-0.05, 0) is 39.0 Å². The van der Waals surface area contributed by atoms with E-state index in [4.69, 9.17) is 0 Å². The molecule has 1 aliphatic rings. The van der Waals surface area contributed by atoms with Crippen LogP contribution >= 0.6 is 11.8 Å². The van der Waals surface area contributed by atoms with Crippen molar-refractivity contribution in [1.29, 1.82) is 0 Å². The van der Waals surface area contributed by atoms with Gasteiger partial charge in [-0.15, -0.1) is 0 Å². The monoisotopic (exact) mass is 245 g/mol. The number of aliphatic carboxylic acids is 1. The van der Waals surface area contributed by atoms with Gasteiger partial charge in [0, 0.05) is 11.3 Å². The van der Waals surface area contributed by atoms with Crippen LogP contribution in [0.4, 0.5) is 0 Å². The summed E-state index contributed by atoms with van der Waals surface area (Å²) in [5.41, 5.74) is -0.758. The molecule has 0 aliphatic carbocycles. The molecule has 2 unspecified atom stereocenters. The van der Waals surface area contributed by atoms with Gasteiger partial charge in [-0.3, -0.25) is 9.69 Å². The number of likely N-dealkylation sites (N-methyl/N-ethyl adjacent to an activating group) is 1. The molecule has 0 aromatic heterocycles. The summed E-state index contributed by atoms with van der Waals surface area (Å²) in [6.45, 7) is 8.69. The minimum absolute atomic E-state index is 0.398.